The summed E-state index contributed by atoms with van der Waals surface area (Å²) in [6.45, 7) is 7.68. The van der Waals surface area contributed by atoms with Crippen molar-refractivity contribution in [3.05, 3.63) is 75.9 Å². The molecule has 4 aromatic rings. The van der Waals surface area contributed by atoms with Crippen LogP contribution < -0.4 is 20.1 Å². The minimum atomic E-state index is -0.656. The maximum atomic E-state index is 13.2. The quantitative estimate of drug-likeness (QED) is 0.128. The van der Waals surface area contributed by atoms with E-state index in [1.807, 2.05) is 19.1 Å². The molecule has 2 heterocycles. The second-order valence-electron chi connectivity index (χ2n) is 9.61. The van der Waals surface area contributed by atoms with Gasteiger partial charge in [0.25, 0.3) is 5.91 Å². The lowest BCUT2D eigenvalue weighted by Gasteiger charge is -2.12. The van der Waals surface area contributed by atoms with Gasteiger partial charge in [-0.15, -0.1) is 21.5 Å². The fourth-order valence-corrected chi connectivity index (χ4v) is 6.24. The van der Waals surface area contributed by atoms with Crippen molar-refractivity contribution in [2.45, 2.75) is 39.4 Å². The molecular weight excluding hydrogens is 647 g/mol. The van der Waals surface area contributed by atoms with Crippen molar-refractivity contribution >= 4 is 51.9 Å². The molecular formula is C32H35N5O8S2. The molecule has 0 bridgehead atoms. The van der Waals surface area contributed by atoms with Crippen LogP contribution in [-0.4, -0.2) is 71.2 Å². The number of anilines is 1. The highest BCUT2D eigenvalue weighted by atomic mass is 32.2. The SMILES string of the molecule is CCOC(=O)c1sc(NC(=O)CSc2nnc(CNC(=O)c3ccc(OC)cc3)n2-c2ccc(OCC)cc2)c(C(=O)OCC)c1C. The van der Waals surface area contributed by atoms with Crippen LogP contribution in [0, 0.1) is 6.92 Å². The molecule has 0 radical (unpaired) electrons. The van der Waals surface area contributed by atoms with E-state index in [0.29, 0.717) is 45.9 Å². The average Bonchev–Trinajstić information content (AvgIpc) is 3.63. The molecule has 0 fully saturated rings. The first-order valence-corrected chi connectivity index (χ1v) is 16.5. The van der Waals surface area contributed by atoms with E-state index in [1.54, 1.807) is 68.8 Å². The fourth-order valence-electron chi connectivity index (χ4n) is 4.36. The van der Waals surface area contributed by atoms with Crippen LogP contribution in [0.25, 0.3) is 5.69 Å². The van der Waals surface area contributed by atoms with E-state index < -0.39 is 17.8 Å². The third-order valence-electron chi connectivity index (χ3n) is 6.54. The van der Waals surface area contributed by atoms with Crippen molar-refractivity contribution in [3.8, 4) is 17.2 Å². The molecule has 0 unspecified atom stereocenters. The second-order valence-corrected chi connectivity index (χ2v) is 11.6. The number of benzene rings is 2. The Balaban J connectivity index is 1.55. The molecule has 2 N–H and O–H groups in total. The van der Waals surface area contributed by atoms with Crippen LogP contribution in [0.15, 0.2) is 53.7 Å². The molecule has 2 amide bonds. The van der Waals surface area contributed by atoms with Gasteiger partial charge in [0.15, 0.2) is 11.0 Å². The van der Waals surface area contributed by atoms with Gasteiger partial charge in [0, 0.05) is 11.3 Å². The summed E-state index contributed by atoms with van der Waals surface area (Å²) in [5, 5.41) is 14.8. The van der Waals surface area contributed by atoms with E-state index in [0.717, 1.165) is 23.1 Å². The van der Waals surface area contributed by atoms with Crippen molar-refractivity contribution in [2.24, 2.45) is 0 Å². The summed E-state index contributed by atoms with van der Waals surface area (Å²) < 4.78 is 22.8. The number of hydrogen-bond donors (Lipinski definition) is 2. The van der Waals surface area contributed by atoms with Crippen LogP contribution in [0.3, 0.4) is 0 Å². The van der Waals surface area contributed by atoms with Crippen LogP contribution >= 0.6 is 23.1 Å². The number of thioether (sulfide) groups is 1. The van der Waals surface area contributed by atoms with Crippen molar-refractivity contribution in [2.75, 3.05) is 38.0 Å². The molecule has 0 aliphatic carbocycles. The number of amides is 2. The zero-order valence-corrected chi connectivity index (χ0v) is 28.2. The Bertz CT molecular complexity index is 1720. The lowest BCUT2D eigenvalue weighted by atomic mass is 10.1. The first kappa shape index (κ1) is 35.0. The Morgan fingerprint density at radius 3 is 2.17 bits per heavy atom. The summed E-state index contributed by atoms with van der Waals surface area (Å²) in [5.41, 5.74) is 1.60. The number of carbonyl (C=O) groups excluding carboxylic acids is 4. The van der Waals surface area contributed by atoms with E-state index in [1.165, 1.54) is 0 Å². The van der Waals surface area contributed by atoms with Gasteiger partial charge in [-0.05, 0) is 81.8 Å². The lowest BCUT2D eigenvalue weighted by molar-refractivity contribution is -0.113. The number of methoxy groups -OCH3 is 1. The fraction of sp³-hybridized carbons (Fsp3) is 0.312. The van der Waals surface area contributed by atoms with Crippen LogP contribution in [0.1, 0.15) is 62.5 Å². The van der Waals surface area contributed by atoms with Gasteiger partial charge in [-0.2, -0.15) is 0 Å². The number of carbonyl (C=O) groups is 4. The average molecular weight is 682 g/mol. The van der Waals surface area contributed by atoms with Gasteiger partial charge in [0.2, 0.25) is 5.91 Å². The Morgan fingerprint density at radius 1 is 0.872 bits per heavy atom. The Morgan fingerprint density at radius 2 is 1.53 bits per heavy atom. The summed E-state index contributed by atoms with van der Waals surface area (Å²) in [5.74, 6) is -0.382. The minimum absolute atomic E-state index is 0.0475. The van der Waals surface area contributed by atoms with Crippen LogP contribution in [0.2, 0.25) is 0 Å². The number of nitrogens with one attached hydrogen (secondary N) is 2. The number of esters is 2. The van der Waals surface area contributed by atoms with Gasteiger partial charge in [-0.3, -0.25) is 14.2 Å². The maximum absolute atomic E-state index is 13.2. The highest BCUT2D eigenvalue weighted by Gasteiger charge is 2.27. The van der Waals surface area contributed by atoms with Crippen molar-refractivity contribution in [1.29, 1.82) is 0 Å². The standard InChI is InChI=1S/C32H35N5O8S2/c1-6-43-23-15-11-21(12-16-23)37-24(17-33-28(39)20-9-13-22(42-5)14-10-20)35-36-32(37)46-18-25(38)34-29-26(30(40)44-7-2)19(4)27(47-29)31(41)45-8-3/h9-16H,6-8,17-18H2,1-5H3,(H,33,39)(H,34,38). The van der Waals surface area contributed by atoms with Gasteiger partial charge >= 0.3 is 11.9 Å². The van der Waals surface area contributed by atoms with E-state index in [-0.39, 0.29) is 46.9 Å². The molecule has 0 spiro atoms. The summed E-state index contributed by atoms with van der Waals surface area (Å²) in [6, 6.07) is 14.0. The number of aromatic nitrogens is 3. The Kier molecular flexibility index (Phi) is 12.4. The highest BCUT2D eigenvalue weighted by Crippen LogP contribution is 2.35. The monoisotopic (exact) mass is 681 g/mol. The molecule has 4 rings (SSSR count). The maximum Gasteiger partial charge on any atom is 0.348 e. The Labute approximate surface area is 280 Å². The highest BCUT2D eigenvalue weighted by molar-refractivity contribution is 7.99. The van der Waals surface area contributed by atoms with Gasteiger partial charge < -0.3 is 29.6 Å². The molecule has 2 aromatic heterocycles. The van der Waals surface area contributed by atoms with Gasteiger partial charge in [-0.1, -0.05) is 11.8 Å². The van der Waals surface area contributed by atoms with Crippen LogP contribution in [0.5, 0.6) is 11.5 Å². The minimum Gasteiger partial charge on any atom is -0.497 e. The van der Waals surface area contributed by atoms with Crippen LogP contribution in [-0.2, 0) is 20.8 Å². The van der Waals surface area contributed by atoms with E-state index >= 15 is 0 Å². The largest absolute Gasteiger partial charge is 0.497 e. The van der Waals surface area contributed by atoms with E-state index in [2.05, 4.69) is 20.8 Å². The molecule has 47 heavy (non-hydrogen) atoms. The molecule has 0 aliphatic rings. The molecule has 0 saturated heterocycles. The number of nitrogens with zero attached hydrogens (tertiary/aromatic N) is 3. The first-order valence-electron chi connectivity index (χ1n) is 14.7. The van der Waals surface area contributed by atoms with E-state index in [4.69, 9.17) is 18.9 Å². The van der Waals surface area contributed by atoms with Crippen molar-refractivity contribution < 1.29 is 38.1 Å². The number of rotatable bonds is 15. The summed E-state index contributed by atoms with van der Waals surface area (Å²) in [4.78, 5) is 51.5. The molecule has 15 heteroatoms. The molecule has 13 nitrogen and oxygen atoms in total. The van der Waals surface area contributed by atoms with Gasteiger partial charge in [0.1, 0.15) is 21.4 Å². The van der Waals surface area contributed by atoms with Gasteiger partial charge in [-0.25, -0.2) is 9.59 Å². The van der Waals surface area contributed by atoms with Crippen LogP contribution in [0.4, 0.5) is 5.00 Å². The predicted octanol–water partition coefficient (Wildman–Crippen LogP) is 5.06. The predicted molar refractivity (Wildman–Crippen MR) is 177 cm³/mol. The van der Waals surface area contributed by atoms with Crippen molar-refractivity contribution in [3.63, 3.8) is 0 Å². The number of hydrogen-bond acceptors (Lipinski definition) is 12. The molecule has 0 atom stereocenters. The molecule has 0 saturated carbocycles. The van der Waals surface area contributed by atoms with Crippen molar-refractivity contribution in [1.82, 2.24) is 20.1 Å². The summed E-state index contributed by atoms with van der Waals surface area (Å²) in [6.07, 6.45) is 0. The lowest BCUT2D eigenvalue weighted by Crippen LogP contribution is -2.24. The molecule has 0 aliphatic heterocycles. The third-order valence-corrected chi connectivity index (χ3v) is 8.65. The zero-order valence-electron chi connectivity index (χ0n) is 26.6. The Hall–Kier alpha value is -4.89. The topological polar surface area (TPSA) is 160 Å². The number of ether oxygens (including phenoxy) is 4. The van der Waals surface area contributed by atoms with E-state index in [9.17, 15) is 19.2 Å². The third kappa shape index (κ3) is 8.68. The summed E-state index contributed by atoms with van der Waals surface area (Å²) >= 11 is 2.05. The van der Waals surface area contributed by atoms with Gasteiger partial charge in [0.05, 0.1) is 44.8 Å². The normalized spacial score (nSPS) is 10.7. The second kappa shape index (κ2) is 16.6. The molecule has 248 valence electrons. The smallest absolute Gasteiger partial charge is 0.348 e. The summed E-state index contributed by atoms with van der Waals surface area (Å²) in [7, 11) is 1.55. The molecule has 2 aromatic carbocycles. The first-order chi connectivity index (χ1) is 22.7. The number of thiophene rings is 1. The zero-order chi connectivity index (χ0) is 33.9.